The zero-order valence-electron chi connectivity index (χ0n) is 35.4. The summed E-state index contributed by atoms with van der Waals surface area (Å²) in [7, 11) is 0. The third-order valence-electron chi connectivity index (χ3n) is 10.2. The number of carbonyl (C=O) groups is 2. The summed E-state index contributed by atoms with van der Waals surface area (Å²) >= 11 is 0. The predicted molar refractivity (Wildman–Crippen MR) is 228 cm³/mol. The van der Waals surface area contributed by atoms with Crippen LogP contribution in [0.1, 0.15) is 227 Å². The normalized spacial score (nSPS) is 10.7. The molecule has 0 N–H and O–H groups in total. The monoisotopic (exact) mass is 888 g/mol. The molecule has 0 aliphatic carbocycles. The molecule has 0 aromatic heterocycles. The molecule has 2 aromatic rings. The molecule has 6 nitrogen and oxygen atoms in total. The van der Waals surface area contributed by atoms with Crippen LogP contribution in [0.2, 0.25) is 0 Å². The topological polar surface area (TPSA) is 98.7 Å². The summed E-state index contributed by atoms with van der Waals surface area (Å²) in [5, 5.41) is 22.0. The minimum Gasteiger partial charge on any atom is -0.545 e. The van der Waals surface area contributed by atoms with Crippen LogP contribution >= 0.6 is 0 Å². The number of benzene rings is 2. The van der Waals surface area contributed by atoms with E-state index < -0.39 is 11.9 Å². The summed E-state index contributed by atoms with van der Waals surface area (Å²) in [5.74, 6) is -1.52. The fourth-order valence-electron chi connectivity index (χ4n) is 6.83. The average Bonchev–Trinajstić information content (AvgIpc) is 3.18. The number of ether oxygens (including phenoxy) is 2. The van der Waals surface area contributed by atoms with E-state index in [1.54, 1.807) is 36.4 Å². The Labute approximate surface area is 377 Å². The number of hydrogen-bond acceptors (Lipinski definition) is 6. The molecule has 0 spiro atoms. The number of carboxylic acid groups (broad SMARTS) is 2. The molecule has 0 atom stereocenters. The van der Waals surface area contributed by atoms with Gasteiger partial charge in [0.15, 0.2) is 0 Å². The first-order chi connectivity index (χ1) is 26.5. The first-order valence-electron chi connectivity index (χ1n) is 22.4. The first-order valence-corrected chi connectivity index (χ1v) is 22.4. The SMILES string of the molecule is CCCCCCCCCCCCCCCCCOc1ccccc1C(=O)[O-].CCCCCCCCCCCCCCCCCOc1ccccc1C(=O)[O-].[Ba+2]. The fraction of sp³-hybridized carbons (Fsp3) is 0.708. The number of carboxylic acids is 2. The zero-order chi connectivity index (χ0) is 39.2. The van der Waals surface area contributed by atoms with Crippen molar-refractivity contribution in [1.29, 1.82) is 0 Å². The summed E-state index contributed by atoms with van der Waals surface area (Å²) in [6.45, 7) is 5.69. The largest absolute Gasteiger partial charge is 2.00 e. The van der Waals surface area contributed by atoms with Gasteiger partial charge in [-0.05, 0) is 37.1 Å². The molecule has 2 aromatic carbocycles. The van der Waals surface area contributed by atoms with E-state index >= 15 is 0 Å². The Hall–Kier alpha value is -1.45. The summed E-state index contributed by atoms with van der Waals surface area (Å²) in [6, 6.07) is 13.4. The maximum atomic E-state index is 11.0. The van der Waals surface area contributed by atoms with Gasteiger partial charge in [0.25, 0.3) is 0 Å². The molecule has 0 amide bonds. The van der Waals surface area contributed by atoms with Crippen molar-refractivity contribution >= 4 is 60.8 Å². The molecule has 2 rings (SSSR count). The molecule has 0 aliphatic rings. The minimum atomic E-state index is -1.18. The molecule has 0 saturated heterocycles. The molecule has 308 valence electrons. The Kier molecular flexibility index (Phi) is 39.7. The Balaban J connectivity index is 0.00000104. The van der Waals surface area contributed by atoms with Gasteiger partial charge in [0, 0.05) is 11.1 Å². The molecule has 0 aliphatic heterocycles. The van der Waals surface area contributed by atoms with Crippen molar-refractivity contribution in [3.05, 3.63) is 59.7 Å². The molecule has 0 bridgehead atoms. The second kappa shape index (κ2) is 40.7. The van der Waals surface area contributed by atoms with Crippen LogP contribution in [-0.2, 0) is 0 Å². The van der Waals surface area contributed by atoms with Gasteiger partial charge in [-0.15, -0.1) is 0 Å². The molecule has 0 heterocycles. The summed E-state index contributed by atoms with van der Waals surface area (Å²) < 4.78 is 11.2. The van der Waals surface area contributed by atoms with Crippen molar-refractivity contribution in [2.45, 2.75) is 206 Å². The quantitative estimate of drug-likeness (QED) is 0.0499. The maximum absolute atomic E-state index is 11.0. The summed E-state index contributed by atoms with van der Waals surface area (Å²) in [6.07, 6.45) is 40.0. The number of rotatable bonds is 36. The fourth-order valence-corrected chi connectivity index (χ4v) is 6.83. The van der Waals surface area contributed by atoms with Crippen LogP contribution in [0.3, 0.4) is 0 Å². The third-order valence-corrected chi connectivity index (χ3v) is 10.2. The Morgan fingerprint density at radius 2 is 0.600 bits per heavy atom. The van der Waals surface area contributed by atoms with Gasteiger partial charge in [0.05, 0.1) is 25.2 Å². The number of carbonyl (C=O) groups excluding carboxylic acids is 2. The maximum Gasteiger partial charge on any atom is 2.00 e. The van der Waals surface area contributed by atoms with Crippen molar-refractivity contribution in [3.63, 3.8) is 0 Å². The number of aromatic carboxylic acids is 2. The Morgan fingerprint density at radius 1 is 0.382 bits per heavy atom. The smallest absolute Gasteiger partial charge is 0.545 e. The van der Waals surface area contributed by atoms with Gasteiger partial charge in [0.1, 0.15) is 11.5 Å². The molecular formula is C48H78BaO6. The molecular weight excluding hydrogens is 810 g/mol. The Morgan fingerprint density at radius 3 is 0.836 bits per heavy atom. The van der Waals surface area contributed by atoms with Gasteiger partial charge in [-0.3, -0.25) is 0 Å². The van der Waals surface area contributed by atoms with Crippen molar-refractivity contribution in [1.82, 2.24) is 0 Å². The van der Waals surface area contributed by atoms with Gasteiger partial charge >= 0.3 is 48.9 Å². The zero-order valence-corrected chi connectivity index (χ0v) is 39.8. The van der Waals surface area contributed by atoms with Crippen molar-refractivity contribution in [2.75, 3.05) is 13.2 Å². The number of hydrogen-bond donors (Lipinski definition) is 0. The van der Waals surface area contributed by atoms with E-state index in [4.69, 9.17) is 9.47 Å². The molecule has 0 unspecified atom stereocenters. The van der Waals surface area contributed by atoms with E-state index in [-0.39, 0.29) is 60.0 Å². The van der Waals surface area contributed by atoms with Crippen LogP contribution in [0, 0.1) is 0 Å². The second-order valence-electron chi connectivity index (χ2n) is 15.2. The van der Waals surface area contributed by atoms with E-state index in [9.17, 15) is 19.8 Å². The van der Waals surface area contributed by atoms with Crippen LogP contribution in [0.15, 0.2) is 48.5 Å². The second-order valence-corrected chi connectivity index (χ2v) is 15.2. The van der Waals surface area contributed by atoms with Crippen LogP contribution in [-0.4, -0.2) is 74.0 Å². The summed E-state index contributed by atoms with van der Waals surface area (Å²) in [5.41, 5.74) is 0.275. The van der Waals surface area contributed by atoms with E-state index in [0.717, 1.165) is 25.7 Å². The van der Waals surface area contributed by atoms with Crippen LogP contribution < -0.4 is 19.7 Å². The first kappa shape index (κ1) is 53.6. The molecule has 0 fully saturated rings. The number of unbranched alkanes of at least 4 members (excludes halogenated alkanes) is 28. The van der Waals surface area contributed by atoms with E-state index in [1.807, 2.05) is 0 Å². The Bertz CT molecular complexity index is 1070. The molecule has 7 heteroatoms. The van der Waals surface area contributed by atoms with Gasteiger partial charge in [-0.1, -0.05) is 218 Å². The standard InChI is InChI=1S/2C24H40O3.Ba/c2*1-2-3-4-5-6-7-8-9-10-11-12-13-14-15-18-21-27-23-20-17-16-19-22(23)24(25)26;/h2*16-17,19-20H,2-15,18,21H2,1H3,(H,25,26);/q;;+2/p-2. The van der Waals surface area contributed by atoms with Crippen LogP contribution in [0.5, 0.6) is 11.5 Å². The van der Waals surface area contributed by atoms with Crippen molar-refractivity contribution in [3.8, 4) is 11.5 Å². The van der Waals surface area contributed by atoms with Gasteiger partial charge in [-0.25, -0.2) is 0 Å². The minimum absolute atomic E-state index is 0. The number of para-hydroxylation sites is 2. The van der Waals surface area contributed by atoms with E-state index in [2.05, 4.69) is 13.8 Å². The van der Waals surface area contributed by atoms with Crippen LogP contribution in [0.4, 0.5) is 0 Å². The van der Waals surface area contributed by atoms with E-state index in [1.165, 1.54) is 179 Å². The van der Waals surface area contributed by atoms with Crippen LogP contribution in [0.25, 0.3) is 0 Å². The van der Waals surface area contributed by atoms with Gasteiger partial charge < -0.3 is 29.3 Å². The predicted octanol–water partition coefficient (Wildman–Crippen LogP) is 12.2. The molecule has 55 heavy (non-hydrogen) atoms. The van der Waals surface area contributed by atoms with Gasteiger partial charge in [-0.2, -0.15) is 0 Å². The van der Waals surface area contributed by atoms with Gasteiger partial charge in [0.2, 0.25) is 0 Å². The van der Waals surface area contributed by atoms with Crippen molar-refractivity contribution in [2.24, 2.45) is 0 Å². The third kappa shape index (κ3) is 32.2. The molecule has 0 radical (unpaired) electrons. The van der Waals surface area contributed by atoms with Crippen molar-refractivity contribution < 1.29 is 29.3 Å². The van der Waals surface area contributed by atoms with E-state index in [0.29, 0.717) is 24.7 Å². The molecule has 0 saturated carbocycles. The average molecular weight is 888 g/mol. The summed E-state index contributed by atoms with van der Waals surface area (Å²) in [4.78, 5) is 22.0.